The van der Waals surface area contributed by atoms with Gasteiger partial charge < -0.3 is 15.5 Å². The molecular formula is C10H19N3O. The van der Waals surface area contributed by atoms with Crippen molar-refractivity contribution in [2.45, 2.75) is 25.8 Å². The zero-order valence-electron chi connectivity index (χ0n) is 8.78. The molecule has 2 aliphatic rings. The van der Waals surface area contributed by atoms with Gasteiger partial charge in [-0.05, 0) is 18.8 Å². The predicted molar refractivity (Wildman–Crippen MR) is 54.9 cm³/mol. The van der Waals surface area contributed by atoms with Crippen LogP contribution in [0.25, 0.3) is 0 Å². The van der Waals surface area contributed by atoms with Crippen molar-refractivity contribution in [2.24, 2.45) is 11.7 Å². The summed E-state index contributed by atoms with van der Waals surface area (Å²) in [5, 5.41) is 0. The highest BCUT2D eigenvalue weighted by Crippen LogP contribution is 2.18. The number of amides is 2. The maximum atomic E-state index is 11.9. The van der Waals surface area contributed by atoms with Crippen LogP contribution in [0.4, 0.5) is 4.79 Å². The van der Waals surface area contributed by atoms with E-state index in [1.165, 1.54) is 6.42 Å². The van der Waals surface area contributed by atoms with Gasteiger partial charge in [0, 0.05) is 32.2 Å². The van der Waals surface area contributed by atoms with Crippen LogP contribution in [0.15, 0.2) is 0 Å². The highest BCUT2D eigenvalue weighted by molar-refractivity contribution is 5.75. The van der Waals surface area contributed by atoms with Gasteiger partial charge in [-0.25, -0.2) is 4.79 Å². The lowest BCUT2D eigenvalue weighted by molar-refractivity contribution is 0.1000. The largest absolute Gasteiger partial charge is 0.325 e. The Morgan fingerprint density at radius 3 is 2.57 bits per heavy atom. The van der Waals surface area contributed by atoms with Crippen LogP contribution < -0.4 is 5.73 Å². The van der Waals surface area contributed by atoms with Gasteiger partial charge in [-0.1, -0.05) is 6.92 Å². The van der Waals surface area contributed by atoms with E-state index in [1.807, 2.05) is 9.80 Å². The van der Waals surface area contributed by atoms with E-state index in [0.29, 0.717) is 5.92 Å². The third-order valence-corrected chi connectivity index (χ3v) is 3.11. The van der Waals surface area contributed by atoms with E-state index < -0.39 is 0 Å². The van der Waals surface area contributed by atoms with Gasteiger partial charge in [0.25, 0.3) is 0 Å². The van der Waals surface area contributed by atoms with Crippen molar-refractivity contribution in [1.29, 1.82) is 0 Å². The molecule has 1 unspecified atom stereocenters. The fourth-order valence-corrected chi connectivity index (χ4v) is 2.23. The maximum absolute atomic E-state index is 11.9. The fourth-order valence-electron chi connectivity index (χ4n) is 2.23. The van der Waals surface area contributed by atoms with Crippen molar-refractivity contribution in [3.63, 3.8) is 0 Å². The van der Waals surface area contributed by atoms with Crippen LogP contribution in [-0.2, 0) is 0 Å². The molecule has 1 atom stereocenters. The van der Waals surface area contributed by atoms with Gasteiger partial charge in [0.05, 0.1) is 0 Å². The molecule has 0 radical (unpaired) electrons. The zero-order valence-corrected chi connectivity index (χ0v) is 8.78. The lowest BCUT2D eigenvalue weighted by Gasteiger charge is -2.42. The first-order chi connectivity index (χ1) is 6.66. The smallest absolute Gasteiger partial charge is 0.320 e. The lowest BCUT2D eigenvalue weighted by atomic mass is 10.0. The molecule has 2 saturated heterocycles. The second kappa shape index (κ2) is 3.77. The average Bonchev–Trinajstić information content (AvgIpc) is 2.12. The van der Waals surface area contributed by atoms with E-state index >= 15 is 0 Å². The SMILES string of the molecule is CC1CCCN(C(=O)N2CC(N)C2)C1. The molecule has 0 spiro atoms. The molecule has 0 bridgehead atoms. The Bertz CT molecular complexity index is 225. The second-order valence-corrected chi connectivity index (χ2v) is 4.64. The molecule has 0 saturated carbocycles. The Kier molecular flexibility index (Phi) is 2.63. The molecular weight excluding hydrogens is 178 g/mol. The molecule has 0 aromatic heterocycles. The number of hydrogen-bond donors (Lipinski definition) is 1. The molecule has 2 heterocycles. The van der Waals surface area contributed by atoms with E-state index in [-0.39, 0.29) is 12.1 Å². The van der Waals surface area contributed by atoms with Crippen LogP contribution in [0.3, 0.4) is 0 Å². The van der Waals surface area contributed by atoms with Crippen molar-refractivity contribution in [2.75, 3.05) is 26.2 Å². The van der Waals surface area contributed by atoms with Gasteiger partial charge in [-0.2, -0.15) is 0 Å². The van der Waals surface area contributed by atoms with Gasteiger partial charge in [0.15, 0.2) is 0 Å². The van der Waals surface area contributed by atoms with Crippen LogP contribution in [0.2, 0.25) is 0 Å². The molecule has 0 aliphatic carbocycles. The number of likely N-dealkylation sites (tertiary alicyclic amines) is 2. The lowest BCUT2D eigenvalue weighted by Crippen LogP contribution is -2.61. The summed E-state index contributed by atoms with van der Waals surface area (Å²) in [6, 6.07) is 0.402. The summed E-state index contributed by atoms with van der Waals surface area (Å²) >= 11 is 0. The third kappa shape index (κ3) is 1.85. The highest BCUT2D eigenvalue weighted by atomic mass is 16.2. The van der Waals surface area contributed by atoms with Crippen LogP contribution in [0, 0.1) is 5.92 Å². The molecule has 0 aromatic rings. The van der Waals surface area contributed by atoms with Crippen LogP contribution >= 0.6 is 0 Å². The molecule has 2 rings (SSSR count). The second-order valence-electron chi connectivity index (χ2n) is 4.64. The number of hydrogen-bond acceptors (Lipinski definition) is 2. The van der Waals surface area contributed by atoms with E-state index in [4.69, 9.17) is 5.73 Å². The van der Waals surface area contributed by atoms with Gasteiger partial charge in [0.1, 0.15) is 0 Å². The Labute approximate surface area is 85.0 Å². The summed E-state index contributed by atoms with van der Waals surface area (Å²) in [6.07, 6.45) is 2.40. The summed E-state index contributed by atoms with van der Waals surface area (Å²) < 4.78 is 0. The minimum Gasteiger partial charge on any atom is -0.325 e. The van der Waals surface area contributed by atoms with Crippen molar-refractivity contribution in [3.8, 4) is 0 Å². The summed E-state index contributed by atoms with van der Waals surface area (Å²) in [7, 11) is 0. The molecule has 0 aromatic carbocycles. The van der Waals surface area contributed by atoms with Gasteiger partial charge >= 0.3 is 6.03 Å². The molecule has 2 N–H and O–H groups in total. The Morgan fingerprint density at radius 1 is 1.29 bits per heavy atom. The fraction of sp³-hybridized carbons (Fsp3) is 0.900. The number of carbonyl (C=O) groups excluding carboxylic acids is 1. The Hall–Kier alpha value is -0.770. The van der Waals surface area contributed by atoms with Crippen LogP contribution in [-0.4, -0.2) is 48.1 Å². The first-order valence-corrected chi connectivity index (χ1v) is 5.46. The van der Waals surface area contributed by atoms with Gasteiger partial charge in [-0.3, -0.25) is 0 Å². The van der Waals surface area contributed by atoms with E-state index in [1.54, 1.807) is 0 Å². The number of nitrogens with zero attached hydrogens (tertiary/aromatic N) is 2. The van der Waals surface area contributed by atoms with Crippen molar-refractivity contribution >= 4 is 6.03 Å². The molecule has 80 valence electrons. The number of nitrogens with two attached hydrogens (primary N) is 1. The zero-order chi connectivity index (χ0) is 10.1. The molecule has 2 aliphatic heterocycles. The first-order valence-electron chi connectivity index (χ1n) is 5.46. The van der Waals surface area contributed by atoms with Crippen molar-refractivity contribution in [1.82, 2.24) is 9.80 Å². The standard InChI is InChI=1S/C10H19N3O/c1-8-3-2-4-12(5-8)10(14)13-6-9(11)7-13/h8-9H,2-7,11H2,1H3. The topological polar surface area (TPSA) is 49.6 Å². The molecule has 4 heteroatoms. The van der Waals surface area contributed by atoms with Gasteiger partial charge in [0.2, 0.25) is 0 Å². The van der Waals surface area contributed by atoms with Crippen LogP contribution in [0.5, 0.6) is 0 Å². The molecule has 2 fully saturated rings. The minimum atomic E-state index is 0.193. The summed E-state index contributed by atoms with van der Waals surface area (Å²) in [5.74, 6) is 0.655. The Morgan fingerprint density at radius 2 is 2.00 bits per heavy atom. The van der Waals surface area contributed by atoms with Crippen molar-refractivity contribution in [3.05, 3.63) is 0 Å². The van der Waals surface area contributed by atoms with E-state index in [9.17, 15) is 4.79 Å². The molecule has 14 heavy (non-hydrogen) atoms. The number of carbonyl (C=O) groups is 1. The number of urea groups is 1. The molecule has 4 nitrogen and oxygen atoms in total. The van der Waals surface area contributed by atoms with Gasteiger partial charge in [-0.15, -0.1) is 0 Å². The van der Waals surface area contributed by atoms with E-state index in [0.717, 1.165) is 32.6 Å². The normalized spacial score (nSPS) is 28.9. The molecule has 2 amide bonds. The highest BCUT2D eigenvalue weighted by Gasteiger charge is 2.32. The Balaban J connectivity index is 1.85. The summed E-state index contributed by atoms with van der Waals surface area (Å²) in [4.78, 5) is 15.7. The number of piperidine rings is 1. The average molecular weight is 197 g/mol. The third-order valence-electron chi connectivity index (χ3n) is 3.11. The first kappa shape index (κ1) is 9.77. The summed E-state index contributed by atoms with van der Waals surface area (Å²) in [5.41, 5.74) is 5.65. The number of rotatable bonds is 0. The predicted octanol–water partition coefficient (Wildman–Crippen LogP) is 0.481. The maximum Gasteiger partial charge on any atom is 0.320 e. The van der Waals surface area contributed by atoms with E-state index in [2.05, 4.69) is 6.92 Å². The monoisotopic (exact) mass is 197 g/mol. The van der Waals surface area contributed by atoms with Crippen LogP contribution in [0.1, 0.15) is 19.8 Å². The summed E-state index contributed by atoms with van der Waals surface area (Å²) in [6.45, 7) is 5.54. The minimum absolute atomic E-state index is 0.193. The quantitative estimate of drug-likeness (QED) is 0.614. The van der Waals surface area contributed by atoms with Crippen molar-refractivity contribution < 1.29 is 4.79 Å².